The molecule has 0 heterocycles. The minimum atomic E-state index is -1.07. The molecule has 0 aliphatic carbocycles. The Morgan fingerprint density at radius 2 is 1.60 bits per heavy atom. The molecule has 3 atom stereocenters. The highest BCUT2D eigenvalue weighted by molar-refractivity contribution is 5.93. The van der Waals surface area contributed by atoms with Crippen molar-refractivity contribution in [1.82, 2.24) is 16.0 Å². The van der Waals surface area contributed by atoms with Crippen LogP contribution in [0.5, 0.6) is 5.75 Å². The smallest absolute Gasteiger partial charge is 0.408 e. The Kier molecular flexibility index (Phi) is 11.2. The van der Waals surface area contributed by atoms with Gasteiger partial charge in [0, 0.05) is 6.42 Å². The van der Waals surface area contributed by atoms with Crippen LogP contribution in [0, 0.1) is 5.92 Å². The first-order valence-electron chi connectivity index (χ1n) is 11.4. The van der Waals surface area contributed by atoms with E-state index in [0.717, 1.165) is 0 Å². The molecule has 0 spiro atoms. The zero-order valence-corrected chi connectivity index (χ0v) is 21.2. The van der Waals surface area contributed by atoms with Crippen molar-refractivity contribution in [2.45, 2.75) is 71.7 Å². The molecule has 0 aliphatic heterocycles. The predicted octanol–water partition coefficient (Wildman–Crippen LogP) is 2.20. The van der Waals surface area contributed by atoms with Crippen molar-refractivity contribution in [1.29, 1.82) is 0 Å². The third-order valence-corrected chi connectivity index (χ3v) is 4.69. The second-order valence-electron chi connectivity index (χ2n) is 9.45. The summed E-state index contributed by atoms with van der Waals surface area (Å²) in [5.74, 6) is -2.08. The zero-order valence-electron chi connectivity index (χ0n) is 21.2. The molecule has 1 aromatic carbocycles. The molecular formula is C25H37N3O7. The van der Waals surface area contributed by atoms with Crippen LogP contribution in [0.1, 0.15) is 47.1 Å². The van der Waals surface area contributed by atoms with Gasteiger partial charge in [0.25, 0.3) is 0 Å². The van der Waals surface area contributed by atoms with E-state index in [4.69, 9.17) is 9.47 Å². The second-order valence-corrected chi connectivity index (χ2v) is 9.45. The molecule has 0 aromatic heterocycles. The largest absolute Gasteiger partial charge is 0.508 e. The summed E-state index contributed by atoms with van der Waals surface area (Å²) in [7, 11) is 0. The molecule has 1 aromatic rings. The van der Waals surface area contributed by atoms with Crippen LogP contribution in [0.15, 0.2) is 36.9 Å². The quantitative estimate of drug-likeness (QED) is 0.274. The van der Waals surface area contributed by atoms with Crippen LogP contribution >= 0.6 is 0 Å². The molecule has 194 valence electrons. The van der Waals surface area contributed by atoms with Crippen LogP contribution in [0.4, 0.5) is 4.79 Å². The van der Waals surface area contributed by atoms with Gasteiger partial charge in [-0.3, -0.25) is 9.59 Å². The minimum Gasteiger partial charge on any atom is -0.508 e. The first-order chi connectivity index (χ1) is 16.2. The van der Waals surface area contributed by atoms with Crippen LogP contribution in [0.25, 0.3) is 0 Å². The highest BCUT2D eigenvalue weighted by atomic mass is 16.6. The number of benzene rings is 1. The van der Waals surface area contributed by atoms with Gasteiger partial charge in [-0.2, -0.15) is 0 Å². The van der Waals surface area contributed by atoms with Crippen molar-refractivity contribution in [2.24, 2.45) is 5.92 Å². The van der Waals surface area contributed by atoms with Gasteiger partial charge < -0.3 is 30.5 Å². The lowest BCUT2D eigenvalue weighted by atomic mass is 10.0. The molecule has 1 rings (SSSR count). The van der Waals surface area contributed by atoms with E-state index in [1.807, 2.05) is 0 Å². The number of rotatable bonds is 11. The Bertz CT molecular complexity index is 891. The number of alkyl carbamates (subject to hydrolysis) is 1. The van der Waals surface area contributed by atoms with Crippen LogP contribution in [0.3, 0.4) is 0 Å². The van der Waals surface area contributed by atoms with Gasteiger partial charge >= 0.3 is 12.1 Å². The first-order valence-corrected chi connectivity index (χ1v) is 11.4. The summed E-state index contributed by atoms with van der Waals surface area (Å²) in [5, 5.41) is 17.3. The number of carbonyl (C=O) groups is 4. The van der Waals surface area contributed by atoms with Crippen molar-refractivity contribution in [2.75, 3.05) is 6.61 Å². The number of nitrogens with one attached hydrogen (secondary N) is 3. The normalized spacial score (nSPS) is 13.7. The molecule has 0 bridgehead atoms. The monoisotopic (exact) mass is 491 g/mol. The van der Waals surface area contributed by atoms with Gasteiger partial charge in [-0.1, -0.05) is 38.6 Å². The summed E-state index contributed by atoms with van der Waals surface area (Å²) in [6.07, 6.45) is 0.706. The Hall–Kier alpha value is -3.56. The Morgan fingerprint density at radius 1 is 1.00 bits per heavy atom. The maximum atomic E-state index is 13.2. The SMILES string of the molecule is C=CCOC(=O)[C@H](C)NC(=O)[C@@H](NC(=O)[C@H](Cc1ccc(O)cc1)NC(=O)OC(C)(C)C)C(C)C. The fraction of sp³-hybridized carbons (Fsp3) is 0.520. The van der Waals surface area contributed by atoms with Gasteiger partial charge in [-0.05, 0) is 51.3 Å². The molecule has 0 unspecified atom stereocenters. The first kappa shape index (κ1) is 29.5. The average molecular weight is 492 g/mol. The average Bonchev–Trinajstić information content (AvgIpc) is 2.74. The van der Waals surface area contributed by atoms with Crippen molar-refractivity contribution in [3.05, 3.63) is 42.5 Å². The summed E-state index contributed by atoms with van der Waals surface area (Å²) in [6.45, 7) is 13.5. The van der Waals surface area contributed by atoms with Gasteiger partial charge in [0.15, 0.2) is 0 Å². The molecule has 0 saturated heterocycles. The van der Waals surface area contributed by atoms with E-state index >= 15 is 0 Å². The number of phenols is 1. The van der Waals surface area contributed by atoms with Gasteiger partial charge in [0.1, 0.15) is 36.1 Å². The molecule has 4 N–H and O–H groups in total. The van der Waals surface area contributed by atoms with E-state index in [2.05, 4.69) is 22.5 Å². The summed E-state index contributed by atoms with van der Waals surface area (Å²) in [4.78, 5) is 50.4. The Morgan fingerprint density at radius 3 is 2.11 bits per heavy atom. The maximum absolute atomic E-state index is 13.2. The van der Waals surface area contributed by atoms with Gasteiger partial charge in [0.2, 0.25) is 11.8 Å². The lowest BCUT2D eigenvalue weighted by molar-refractivity contribution is -0.146. The molecule has 10 nitrogen and oxygen atoms in total. The number of aromatic hydroxyl groups is 1. The third kappa shape index (κ3) is 10.9. The van der Waals surface area contributed by atoms with E-state index in [1.165, 1.54) is 25.1 Å². The number of phenolic OH excluding ortho intramolecular Hbond substituents is 1. The maximum Gasteiger partial charge on any atom is 0.408 e. The summed E-state index contributed by atoms with van der Waals surface area (Å²) in [6, 6.07) is 3.18. The number of carbonyl (C=O) groups excluding carboxylic acids is 4. The van der Waals surface area contributed by atoms with Crippen LogP contribution < -0.4 is 16.0 Å². The molecule has 0 radical (unpaired) electrons. The number of esters is 1. The second kappa shape index (κ2) is 13.4. The fourth-order valence-electron chi connectivity index (χ4n) is 2.94. The number of ether oxygens (including phenoxy) is 2. The summed E-state index contributed by atoms with van der Waals surface area (Å²) in [5.41, 5.74) is -0.108. The molecule has 10 heteroatoms. The van der Waals surface area contributed by atoms with E-state index in [1.54, 1.807) is 46.8 Å². The van der Waals surface area contributed by atoms with Crippen molar-refractivity contribution < 1.29 is 33.8 Å². The third-order valence-electron chi connectivity index (χ3n) is 4.69. The standard InChI is InChI=1S/C25H37N3O7/c1-8-13-34-23(32)16(4)26-22(31)20(15(2)3)28-21(30)19(27-24(33)35-25(5,6)7)14-17-9-11-18(29)12-10-17/h8-12,15-16,19-20,29H,1,13-14H2,2-7H3,(H,26,31)(H,27,33)(H,28,30)/t16-,19-,20-/m0/s1. The highest BCUT2D eigenvalue weighted by Crippen LogP contribution is 2.13. The Labute approximate surface area is 206 Å². The van der Waals surface area contributed by atoms with Gasteiger partial charge in [-0.15, -0.1) is 0 Å². The number of hydrogen-bond donors (Lipinski definition) is 4. The fourth-order valence-corrected chi connectivity index (χ4v) is 2.94. The van der Waals surface area contributed by atoms with Crippen molar-refractivity contribution in [3.63, 3.8) is 0 Å². The Balaban J connectivity index is 3.01. The number of amides is 3. The summed E-state index contributed by atoms with van der Waals surface area (Å²) < 4.78 is 10.2. The molecule has 3 amide bonds. The predicted molar refractivity (Wildman–Crippen MR) is 130 cm³/mol. The van der Waals surface area contributed by atoms with E-state index in [-0.39, 0.29) is 24.7 Å². The molecule has 0 fully saturated rings. The van der Waals surface area contributed by atoms with Crippen LogP contribution in [0.2, 0.25) is 0 Å². The van der Waals surface area contributed by atoms with E-state index < -0.39 is 47.6 Å². The van der Waals surface area contributed by atoms with Gasteiger partial charge in [-0.25, -0.2) is 9.59 Å². The summed E-state index contributed by atoms with van der Waals surface area (Å²) >= 11 is 0. The topological polar surface area (TPSA) is 143 Å². The van der Waals surface area contributed by atoms with E-state index in [9.17, 15) is 24.3 Å². The molecule has 0 saturated carbocycles. The van der Waals surface area contributed by atoms with Crippen LogP contribution in [-0.2, 0) is 30.3 Å². The number of hydrogen-bond acceptors (Lipinski definition) is 7. The molecular weight excluding hydrogens is 454 g/mol. The van der Waals surface area contributed by atoms with Crippen molar-refractivity contribution in [3.8, 4) is 5.75 Å². The van der Waals surface area contributed by atoms with Crippen molar-refractivity contribution >= 4 is 23.9 Å². The molecule has 35 heavy (non-hydrogen) atoms. The van der Waals surface area contributed by atoms with Crippen LogP contribution in [-0.4, -0.2) is 59.3 Å². The zero-order chi connectivity index (χ0) is 26.8. The lowest BCUT2D eigenvalue weighted by Gasteiger charge is -2.27. The molecule has 0 aliphatic rings. The highest BCUT2D eigenvalue weighted by Gasteiger charge is 2.31. The lowest BCUT2D eigenvalue weighted by Crippen LogP contribution is -2.57. The van der Waals surface area contributed by atoms with E-state index in [0.29, 0.717) is 5.56 Å². The minimum absolute atomic E-state index is 0.0126. The van der Waals surface area contributed by atoms with Gasteiger partial charge in [0.05, 0.1) is 0 Å².